The highest BCUT2D eigenvalue weighted by molar-refractivity contribution is 7.99. The molecule has 0 atom stereocenters. The number of halogens is 3. The fraction of sp³-hybridized carbons (Fsp3) is 0.429. The summed E-state index contributed by atoms with van der Waals surface area (Å²) in [4.78, 5) is 21.5. The number of carbonyl (C=O) groups excluding carboxylic acids is 1. The Morgan fingerprint density at radius 2 is 1.91 bits per heavy atom. The van der Waals surface area contributed by atoms with Gasteiger partial charge in [-0.2, -0.15) is 18.3 Å². The van der Waals surface area contributed by atoms with Gasteiger partial charge in [-0.05, 0) is 25.0 Å². The number of amides is 1. The van der Waals surface area contributed by atoms with E-state index in [9.17, 15) is 18.0 Å². The number of hydrogen-bond acceptors (Lipinski definition) is 6. The molecule has 3 aromatic rings. The second-order valence-electron chi connectivity index (χ2n) is 7.03. The van der Waals surface area contributed by atoms with Gasteiger partial charge in [0, 0.05) is 18.8 Å². The second kappa shape index (κ2) is 10.7. The van der Waals surface area contributed by atoms with E-state index in [-0.39, 0.29) is 13.1 Å². The maximum atomic E-state index is 13.2. The lowest BCUT2D eigenvalue weighted by molar-refractivity contribution is -0.137. The molecule has 0 radical (unpaired) electrons. The van der Waals surface area contributed by atoms with E-state index in [2.05, 4.69) is 39.5 Å². The number of aromatic nitrogens is 4. The van der Waals surface area contributed by atoms with E-state index in [0.29, 0.717) is 16.6 Å². The Morgan fingerprint density at radius 3 is 2.62 bits per heavy atom. The Balaban J connectivity index is 1.76. The molecule has 0 aliphatic rings. The molecule has 7 nitrogen and oxygen atoms in total. The van der Waals surface area contributed by atoms with Gasteiger partial charge in [0.25, 0.3) is 5.91 Å². The van der Waals surface area contributed by atoms with Crippen molar-refractivity contribution < 1.29 is 18.0 Å². The van der Waals surface area contributed by atoms with Gasteiger partial charge < -0.3 is 10.6 Å². The zero-order valence-electron chi connectivity index (χ0n) is 17.9. The average Bonchev–Trinajstić information content (AvgIpc) is 3.18. The lowest BCUT2D eigenvalue weighted by atomic mass is 10.1. The Morgan fingerprint density at radius 1 is 1.12 bits per heavy atom. The van der Waals surface area contributed by atoms with Crippen molar-refractivity contribution in [3.05, 3.63) is 41.6 Å². The number of nitrogens with one attached hydrogen (secondary N) is 2. The standard InChI is InChI=1S/C21H25F3N6OS/c1-3-9-25-17-15-13-27-30(18(15)29-20(28-17)32-12-4-2)11-10-26-19(31)14-7-5-6-8-16(14)21(22,23)24/h5-8,13H,3-4,9-12H2,1-2H3,(H,26,31)(H,25,28,29). The molecule has 32 heavy (non-hydrogen) atoms. The monoisotopic (exact) mass is 466 g/mol. The Bertz CT molecular complexity index is 1070. The van der Waals surface area contributed by atoms with Crippen LogP contribution in [0.5, 0.6) is 0 Å². The van der Waals surface area contributed by atoms with E-state index in [1.54, 1.807) is 22.6 Å². The summed E-state index contributed by atoms with van der Waals surface area (Å²) in [6, 6.07) is 4.72. The van der Waals surface area contributed by atoms with Crippen molar-refractivity contribution in [2.75, 3.05) is 24.2 Å². The van der Waals surface area contributed by atoms with Crippen LogP contribution in [0.1, 0.15) is 42.6 Å². The number of rotatable bonds is 10. The highest BCUT2D eigenvalue weighted by Gasteiger charge is 2.34. The molecule has 0 saturated carbocycles. The van der Waals surface area contributed by atoms with Crippen LogP contribution in [0.2, 0.25) is 0 Å². The van der Waals surface area contributed by atoms with E-state index in [1.165, 1.54) is 12.1 Å². The first-order chi connectivity index (χ1) is 15.3. The van der Waals surface area contributed by atoms with Crippen molar-refractivity contribution in [3.63, 3.8) is 0 Å². The topological polar surface area (TPSA) is 84.7 Å². The third-order valence-electron chi connectivity index (χ3n) is 4.54. The number of hydrogen-bond donors (Lipinski definition) is 2. The predicted octanol–water partition coefficient (Wildman–Crippen LogP) is 4.60. The summed E-state index contributed by atoms with van der Waals surface area (Å²) in [5.41, 5.74) is -0.752. The molecule has 0 aliphatic heterocycles. The number of benzene rings is 1. The smallest absolute Gasteiger partial charge is 0.369 e. The molecule has 2 heterocycles. The van der Waals surface area contributed by atoms with E-state index < -0.39 is 23.2 Å². The largest absolute Gasteiger partial charge is 0.417 e. The van der Waals surface area contributed by atoms with Crippen LogP contribution in [0, 0.1) is 0 Å². The number of nitrogens with zero attached hydrogens (tertiary/aromatic N) is 4. The number of thioether (sulfide) groups is 1. The quantitative estimate of drug-likeness (QED) is 0.336. The van der Waals surface area contributed by atoms with Crippen molar-refractivity contribution in [1.82, 2.24) is 25.1 Å². The van der Waals surface area contributed by atoms with Crippen LogP contribution in [0.3, 0.4) is 0 Å². The summed E-state index contributed by atoms with van der Waals surface area (Å²) in [6.07, 6.45) is -1.03. The zero-order valence-corrected chi connectivity index (χ0v) is 18.7. The van der Waals surface area contributed by atoms with Crippen molar-refractivity contribution >= 4 is 34.5 Å². The van der Waals surface area contributed by atoms with Crippen LogP contribution in [0.25, 0.3) is 11.0 Å². The van der Waals surface area contributed by atoms with Crippen molar-refractivity contribution in [3.8, 4) is 0 Å². The zero-order chi connectivity index (χ0) is 23.1. The molecule has 0 fully saturated rings. The molecule has 1 aromatic carbocycles. The maximum absolute atomic E-state index is 13.2. The molecule has 2 N–H and O–H groups in total. The van der Waals surface area contributed by atoms with Gasteiger partial charge >= 0.3 is 6.18 Å². The van der Waals surface area contributed by atoms with E-state index in [1.807, 2.05) is 0 Å². The van der Waals surface area contributed by atoms with Crippen LogP contribution in [-0.4, -0.2) is 44.5 Å². The van der Waals surface area contributed by atoms with Gasteiger partial charge in [-0.15, -0.1) is 0 Å². The highest BCUT2D eigenvalue weighted by Crippen LogP contribution is 2.31. The molecular formula is C21H25F3N6OS. The molecule has 3 rings (SSSR count). The van der Waals surface area contributed by atoms with Gasteiger partial charge in [-0.25, -0.2) is 14.6 Å². The lowest BCUT2D eigenvalue weighted by Gasteiger charge is -2.13. The predicted molar refractivity (Wildman–Crippen MR) is 119 cm³/mol. The normalized spacial score (nSPS) is 11.7. The van der Waals surface area contributed by atoms with Gasteiger partial charge in [0.15, 0.2) is 10.8 Å². The van der Waals surface area contributed by atoms with E-state index in [0.717, 1.165) is 42.7 Å². The van der Waals surface area contributed by atoms with Gasteiger partial charge in [0.1, 0.15) is 5.82 Å². The van der Waals surface area contributed by atoms with Crippen LogP contribution in [0.4, 0.5) is 19.0 Å². The Hall–Kier alpha value is -2.82. The minimum Gasteiger partial charge on any atom is -0.369 e. The fourth-order valence-corrected chi connectivity index (χ4v) is 3.73. The minimum absolute atomic E-state index is 0.0982. The van der Waals surface area contributed by atoms with Crippen LogP contribution in [0.15, 0.2) is 35.6 Å². The van der Waals surface area contributed by atoms with Gasteiger partial charge in [-0.1, -0.05) is 37.7 Å². The van der Waals surface area contributed by atoms with Crippen LogP contribution < -0.4 is 10.6 Å². The van der Waals surface area contributed by atoms with Crippen LogP contribution >= 0.6 is 11.8 Å². The average molecular weight is 467 g/mol. The molecule has 0 aliphatic carbocycles. The maximum Gasteiger partial charge on any atom is 0.417 e. The van der Waals surface area contributed by atoms with Crippen molar-refractivity contribution in [1.29, 1.82) is 0 Å². The highest BCUT2D eigenvalue weighted by atomic mass is 32.2. The summed E-state index contributed by atoms with van der Waals surface area (Å²) >= 11 is 1.55. The summed E-state index contributed by atoms with van der Waals surface area (Å²) in [5.74, 6) is 0.792. The fourth-order valence-electron chi connectivity index (χ4n) is 3.03. The summed E-state index contributed by atoms with van der Waals surface area (Å²) in [7, 11) is 0. The molecule has 11 heteroatoms. The number of alkyl halides is 3. The molecule has 2 aromatic heterocycles. The Labute approximate surface area is 188 Å². The SMILES string of the molecule is CCCNc1nc(SCCC)nc2c1cnn2CCNC(=O)c1ccccc1C(F)(F)F. The first-order valence-electron chi connectivity index (χ1n) is 10.4. The molecule has 0 bridgehead atoms. The van der Waals surface area contributed by atoms with Gasteiger partial charge in [0.05, 0.1) is 29.3 Å². The molecule has 0 spiro atoms. The third kappa shape index (κ3) is 5.70. The third-order valence-corrected chi connectivity index (χ3v) is 5.59. The minimum atomic E-state index is -4.60. The molecule has 0 unspecified atom stereocenters. The summed E-state index contributed by atoms with van der Waals surface area (Å²) in [6.45, 7) is 5.24. The first-order valence-corrected chi connectivity index (χ1v) is 11.4. The lowest BCUT2D eigenvalue weighted by Crippen LogP contribution is -2.29. The molecule has 0 saturated heterocycles. The van der Waals surface area contributed by atoms with E-state index >= 15 is 0 Å². The second-order valence-corrected chi connectivity index (χ2v) is 8.10. The first kappa shape index (κ1) is 23.8. The summed E-state index contributed by atoms with van der Waals surface area (Å²) in [5, 5.41) is 11.6. The summed E-state index contributed by atoms with van der Waals surface area (Å²) < 4.78 is 41.1. The number of fused-ring (bicyclic) bond motifs is 1. The van der Waals surface area contributed by atoms with Crippen molar-refractivity contribution in [2.24, 2.45) is 0 Å². The Kier molecular flexibility index (Phi) is 7.94. The van der Waals surface area contributed by atoms with Gasteiger partial charge in [0.2, 0.25) is 0 Å². The molecule has 172 valence electrons. The van der Waals surface area contributed by atoms with Crippen LogP contribution in [-0.2, 0) is 12.7 Å². The number of carbonyl (C=O) groups is 1. The van der Waals surface area contributed by atoms with E-state index in [4.69, 9.17) is 0 Å². The van der Waals surface area contributed by atoms with Crippen molar-refractivity contribution in [2.45, 2.75) is 44.6 Å². The van der Waals surface area contributed by atoms with Gasteiger partial charge in [-0.3, -0.25) is 4.79 Å². The number of anilines is 1. The molecular weight excluding hydrogens is 441 g/mol. The molecule has 1 amide bonds.